The molecule has 0 aliphatic heterocycles. The second-order valence-corrected chi connectivity index (χ2v) is 5.18. The van der Waals surface area contributed by atoms with Gasteiger partial charge >= 0.3 is 0 Å². The molecule has 0 fully saturated rings. The predicted octanol–water partition coefficient (Wildman–Crippen LogP) is 1.14. The van der Waals surface area contributed by atoms with Crippen molar-refractivity contribution in [2.75, 3.05) is 6.54 Å². The minimum atomic E-state index is -0.486. The van der Waals surface area contributed by atoms with Crippen molar-refractivity contribution in [2.45, 2.75) is 13.0 Å². The minimum absolute atomic E-state index is 0.140. The molecule has 0 bridgehead atoms. The molecule has 0 spiro atoms. The monoisotopic (exact) mass is 302 g/mol. The highest BCUT2D eigenvalue weighted by Gasteiger charge is 2.21. The van der Waals surface area contributed by atoms with Crippen LogP contribution in [0.1, 0.15) is 5.56 Å². The van der Waals surface area contributed by atoms with Crippen LogP contribution >= 0.6 is 12.2 Å². The van der Waals surface area contributed by atoms with Crippen molar-refractivity contribution < 1.29 is 4.79 Å². The smallest absolute Gasteiger partial charge is 0.230 e. The number of aromatic nitrogens is 2. The van der Waals surface area contributed by atoms with Crippen LogP contribution in [-0.2, 0) is 17.8 Å². The summed E-state index contributed by atoms with van der Waals surface area (Å²) in [6.45, 7) is 1.11. The van der Waals surface area contributed by atoms with Crippen LogP contribution < -0.4 is 11.1 Å². The Morgan fingerprint density at radius 1 is 1.33 bits per heavy atom. The molecule has 21 heavy (non-hydrogen) atoms. The van der Waals surface area contributed by atoms with Gasteiger partial charge in [0.2, 0.25) is 5.91 Å². The number of rotatable bonds is 7. The Labute approximate surface area is 129 Å². The van der Waals surface area contributed by atoms with Crippen LogP contribution in [0.25, 0.3) is 0 Å². The minimum Gasteiger partial charge on any atom is -0.393 e. The van der Waals surface area contributed by atoms with Crippen LogP contribution in [0.2, 0.25) is 0 Å². The molecule has 1 unspecified atom stereocenters. The van der Waals surface area contributed by atoms with E-state index in [1.54, 1.807) is 10.9 Å². The molecule has 1 aromatic heterocycles. The highest BCUT2D eigenvalue weighted by atomic mass is 32.1. The van der Waals surface area contributed by atoms with Crippen LogP contribution in [0.15, 0.2) is 48.8 Å². The summed E-state index contributed by atoms with van der Waals surface area (Å²) in [4.78, 5) is 12.4. The molecule has 1 amide bonds. The highest BCUT2D eigenvalue weighted by molar-refractivity contribution is 7.80. The van der Waals surface area contributed by atoms with Gasteiger partial charge in [-0.25, -0.2) is 0 Å². The van der Waals surface area contributed by atoms with Crippen molar-refractivity contribution in [3.05, 3.63) is 54.4 Å². The Morgan fingerprint density at radius 2 is 2.10 bits per heavy atom. The molecule has 3 N–H and O–H groups in total. The molecular formula is C15H18N4OS. The number of hydrogen-bond donors (Lipinski definition) is 2. The van der Waals surface area contributed by atoms with E-state index in [1.165, 1.54) is 0 Å². The predicted molar refractivity (Wildman–Crippen MR) is 85.7 cm³/mol. The first-order valence-corrected chi connectivity index (χ1v) is 7.16. The number of carbonyl (C=O) groups excluding carboxylic acids is 1. The molecule has 0 radical (unpaired) electrons. The highest BCUT2D eigenvalue weighted by Crippen LogP contribution is 2.09. The summed E-state index contributed by atoms with van der Waals surface area (Å²) in [6, 6.07) is 11.6. The molecule has 2 rings (SSSR count). The van der Waals surface area contributed by atoms with Gasteiger partial charge in [-0.2, -0.15) is 5.10 Å². The first-order chi connectivity index (χ1) is 10.2. The molecule has 1 heterocycles. The van der Waals surface area contributed by atoms with Crippen LogP contribution in [-0.4, -0.2) is 27.2 Å². The Hall–Kier alpha value is -2.21. The number of carbonyl (C=O) groups is 1. The van der Waals surface area contributed by atoms with Gasteiger partial charge in [0.25, 0.3) is 0 Å². The van der Waals surface area contributed by atoms with Crippen molar-refractivity contribution in [2.24, 2.45) is 11.7 Å². The van der Waals surface area contributed by atoms with Gasteiger partial charge < -0.3 is 11.1 Å². The maximum absolute atomic E-state index is 12.2. The average molecular weight is 302 g/mol. The Kier molecular flexibility index (Phi) is 5.45. The normalized spacial score (nSPS) is 11.8. The molecule has 5 nitrogen and oxygen atoms in total. The number of thiocarbonyl (C=S) groups is 1. The lowest BCUT2D eigenvalue weighted by Gasteiger charge is -2.15. The van der Waals surface area contributed by atoms with Crippen LogP contribution in [0.5, 0.6) is 0 Å². The summed E-state index contributed by atoms with van der Waals surface area (Å²) in [5.74, 6) is -0.626. The Morgan fingerprint density at radius 3 is 2.71 bits per heavy atom. The number of nitrogens with zero attached hydrogens (tertiary/aromatic N) is 2. The van der Waals surface area contributed by atoms with Gasteiger partial charge in [-0.15, -0.1) is 0 Å². The maximum Gasteiger partial charge on any atom is 0.230 e. The van der Waals surface area contributed by atoms with Crippen molar-refractivity contribution >= 4 is 23.1 Å². The largest absolute Gasteiger partial charge is 0.393 e. The average Bonchev–Trinajstić information content (AvgIpc) is 2.98. The lowest BCUT2D eigenvalue weighted by molar-refractivity contribution is -0.123. The number of nitrogens with two attached hydrogens (primary N) is 1. The molecule has 110 valence electrons. The van der Waals surface area contributed by atoms with E-state index in [0.717, 1.165) is 5.56 Å². The lowest BCUT2D eigenvalue weighted by Crippen LogP contribution is -2.40. The summed E-state index contributed by atoms with van der Waals surface area (Å²) < 4.78 is 1.76. The van der Waals surface area contributed by atoms with E-state index in [2.05, 4.69) is 10.4 Å². The third kappa shape index (κ3) is 4.68. The summed E-state index contributed by atoms with van der Waals surface area (Å²) in [5.41, 5.74) is 6.74. The Bertz CT molecular complexity index is 583. The van der Waals surface area contributed by atoms with Gasteiger partial charge in [0.1, 0.15) is 0 Å². The first-order valence-electron chi connectivity index (χ1n) is 6.75. The van der Waals surface area contributed by atoms with Crippen molar-refractivity contribution in [3.63, 3.8) is 0 Å². The fourth-order valence-electron chi connectivity index (χ4n) is 2.02. The Balaban J connectivity index is 1.88. The van der Waals surface area contributed by atoms with Crippen LogP contribution in [0, 0.1) is 5.92 Å². The van der Waals surface area contributed by atoms with Crippen LogP contribution in [0.4, 0.5) is 0 Å². The van der Waals surface area contributed by atoms with E-state index < -0.39 is 5.92 Å². The molecule has 0 saturated carbocycles. The summed E-state index contributed by atoms with van der Waals surface area (Å²) >= 11 is 5.02. The lowest BCUT2D eigenvalue weighted by atomic mass is 9.98. The fraction of sp³-hybridized carbons (Fsp3) is 0.267. The van der Waals surface area contributed by atoms with E-state index in [-0.39, 0.29) is 10.9 Å². The zero-order valence-electron chi connectivity index (χ0n) is 11.6. The fourth-order valence-corrected chi connectivity index (χ4v) is 2.21. The quantitative estimate of drug-likeness (QED) is 0.752. The van der Waals surface area contributed by atoms with Crippen molar-refractivity contribution in [1.29, 1.82) is 0 Å². The van der Waals surface area contributed by atoms with Gasteiger partial charge in [-0.3, -0.25) is 9.48 Å². The van der Waals surface area contributed by atoms with Crippen LogP contribution in [0.3, 0.4) is 0 Å². The molecule has 6 heteroatoms. The second kappa shape index (κ2) is 7.54. The van der Waals surface area contributed by atoms with E-state index in [0.29, 0.717) is 19.5 Å². The first kappa shape index (κ1) is 15.2. The number of amides is 1. The number of nitrogens with one attached hydrogen (secondary N) is 1. The van der Waals surface area contributed by atoms with Crippen molar-refractivity contribution in [1.82, 2.24) is 15.1 Å². The third-order valence-electron chi connectivity index (χ3n) is 3.14. The van der Waals surface area contributed by atoms with Gasteiger partial charge in [0.15, 0.2) is 0 Å². The van der Waals surface area contributed by atoms with E-state index >= 15 is 0 Å². The molecule has 1 atom stereocenters. The third-order valence-corrected chi connectivity index (χ3v) is 3.43. The standard InChI is InChI=1S/C15H18N4OS/c16-14(21)13(11-12-5-2-1-3-6-12)15(20)17-8-10-19-9-4-7-18-19/h1-7,9,13H,8,10-11H2,(H2,16,21)(H,17,20). The summed E-state index contributed by atoms with van der Waals surface area (Å²) in [7, 11) is 0. The van der Waals surface area contributed by atoms with Crippen molar-refractivity contribution in [3.8, 4) is 0 Å². The van der Waals surface area contributed by atoms with E-state index in [1.807, 2.05) is 42.6 Å². The number of hydrogen-bond acceptors (Lipinski definition) is 3. The molecule has 0 saturated heterocycles. The van der Waals surface area contributed by atoms with E-state index in [4.69, 9.17) is 18.0 Å². The van der Waals surface area contributed by atoms with E-state index in [9.17, 15) is 4.79 Å². The summed E-state index contributed by atoms with van der Waals surface area (Å²) in [6.07, 6.45) is 4.07. The molecule has 2 aromatic rings. The molecule has 0 aliphatic carbocycles. The maximum atomic E-state index is 12.2. The zero-order valence-corrected chi connectivity index (χ0v) is 12.4. The van der Waals surface area contributed by atoms with Gasteiger partial charge in [-0.1, -0.05) is 42.5 Å². The van der Waals surface area contributed by atoms with Gasteiger partial charge in [-0.05, 0) is 18.1 Å². The molecule has 0 aliphatic rings. The van der Waals surface area contributed by atoms with Gasteiger partial charge in [0, 0.05) is 18.9 Å². The zero-order chi connectivity index (χ0) is 15.1. The molecular weight excluding hydrogens is 284 g/mol. The summed E-state index contributed by atoms with van der Waals surface area (Å²) in [5, 5.41) is 6.93. The SMILES string of the molecule is NC(=S)C(Cc1ccccc1)C(=O)NCCn1cccn1. The molecule has 1 aromatic carbocycles. The number of benzene rings is 1. The topological polar surface area (TPSA) is 72.9 Å². The second-order valence-electron chi connectivity index (χ2n) is 4.70. The van der Waals surface area contributed by atoms with Gasteiger partial charge in [0.05, 0.1) is 17.5 Å².